The molecule has 0 radical (unpaired) electrons. The van der Waals surface area contributed by atoms with Gasteiger partial charge in [-0.05, 0) is 68.2 Å². The number of Topliss-reactive ketones (excluding diaryl/α,β-unsaturated/α-hetero) is 7. The van der Waals surface area contributed by atoms with Gasteiger partial charge in [-0.1, -0.05) is 165 Å². The van der Waals surface area contributed by atoms with E-state index in [2.05, 4.69) is 27.7 Å². The van der Waals surface area contributed by atoms with Gasteiger partial charge in [-0.2, -0.15) is 0 Å². The molecule has 346 valence electrons. The number of unbranched alkanes of at least 4 members (excludes halogenated alkanes) is 3. The average molecular weight is 801 g/mol. The molecule has 55 heavy (non-hydrogen) atoms. The molecule has 0 aliphatic rings. The van der Waals surface area contributed by atoms with Gasteiger partial charge in [0.05, 0.1) is 6.42 Å². The first-order valence-electron chi connectivity index (χ1n) is 18.3. The van der Waals surface area contributed by atoms with Gasteiger partial charge in [0.25, 0.3) is 0 Å². The first-order valence-corrected chi connectivity index (χ1v) is 18.3. The second kappa shape index (κ2) is 110. The fourth-order valence-corrected chi connectivity index (χ4v) is 1.66. The van der Waals surface area contributed by atoms with E-state index in [-0.39, 0.29) is 93.1 Å². The summed E-state index contributed by atoms with van der Waals surface area (Å²) in [5.41, 5.74) is 0. The fraction of sp³-hybridized carbons (Fsp3) is 0.812. The third kappa shape index (κ3) is 333. The predicted molar refractivity (Wildman–Crippen MR) is 258 cm³/mol. The predicted octanol–water partition coefficient (Wildman–Crippen LogP) is 16.7. The maximum Gasteiger partial charge on any atom is 0.137 e. The van der Waals surface area contributed by atoms with E-state index in [1.807, 2.05) is 67.5 Å². The third-order valence-electron chi connectivity index (χ3n) is 5.03. The molecule has 0 aromatic carbocycles. The highest BCUT2D eigenvalue weighted by molar-refractivity contribution is 5.96. The lowest BCUT2D eigenvalue weighted by Gasteiger charge is -1.81. The highest BCUT2D eigenvalue weighted by Gasteiger charge is 1.94. The van der Waals surface area contributed by atoms with E-state index in [1.165, 1.54) is 46.0 Å². The quantitative estimate of drug-likeness (QED) is 0.134. The van der Waals surface area contributed by atoms with E-state index < -0.39 is 0 Å². The van der Waals surface area contributed by atoms with E-state index in [1.54, 1.807) is 27.7 Å². The highest BCUT2D eigenvalue weighted by Crippen LogP contribution is 1.88. The van der Waals surface area contributed by atoms with Crippen molar-refractivity contribution < 1.29 is 33.6 Å². The van der Waals surface area contributed by atoms with E-state index in [0.29, 0.717) is 31.5 Å². The number of hydrogen-bond acceptors (Lipinski definition) is 7. The minimum atomic E-state index is -0.0625. The summed E-state index contributed by atoms with van der Waals surface area (Å²) in [6.07, 6.45) is 16.9. The summed E-state index contributed by atoms with van der Waals surface area (Å²) in [6.45, 7) is 33.5. The van der Waals surface area contributed by atoms with Gasteiger partial charge in [0.2, 0.25) is 0 Å². The van der Waals surface area contributed by atoms with E-state index >= 15 is 0 Å². The van der Waals surface area contributed by atoms with Crippen LogP contribution in [0.3, 0.4) is 0 Å². The van der Waals surface area contributed by atoms with Crippen molar-refractivity contribution in [1.29, 1.82) is 0 Å². The average Bonchev–Trinajstić information content (AvgIpc) is 3.02. The highest BCUT2D eigenvalue weighted by atomic mass is 16.2. The topological polar surface area (TPSA) is 119 Å². The molecule has 0 saturated heterocycles. The molecule has 0 aliphatic carbocycles. The molecule has 0 aromatic rings. The van der Waals surface area contributed by atoms with E-state index in [4.69, 9.17) is 0 Å². The van der Waals surface area contributed by atoms with Crippen LogP contribution in [0.2, 0.25) is 0 Å². The zero-order valence-electron chi connectivity index (χ0n) is 35.4. The van der Waals surface area contributed by atoms with Crippen LogP contribution in [-0.4, -0.2) is 40.5 Å². The number of carbonyl (C=O) groups excluding carboxylic acids is 7. The van der Waals surface area contributed by atoms with E-state index in [0.717, 1.165) is 25.7 Å². The minimum absolute atomic E-state index is 0. The van der Waals surface area contributed by atoms with Crippen LogP contribution >= 0.6 is 0 Å². The van der Waals surface area contributed by atoms with Gasteiger partial charge in [-0.15, -0.1) is 0 Å². The molecule has 0 rings (SSSR count). The molecule has 7 nitrogen and oxygen atoms in total. The summed E-state index contributed by atoms with van der Waals surface area (Å²) in [5.74, 6) is 1.31. The molecule has 0 amide bonds. The maximum absolute atomic E-state index is 10.2. The number of ketones is 7. The molecule has 7 heteroatoms. The molecular weight excluding hydrogens is 689 g/mol. The first kappa shape index (κ1) is 104. The Labute approximate surface area is 351 Å². The van der Waals surface area contributed by atoms with Crippen molar-refractivity contribution in [2.24, 2.45) is 0 Å². The summed E-state index contributed by atoms with van der Waals surface area (Å²) < 4.78 is 0. The lowest BCUT2D eigenvalue weighted by atomic mass is 10.2. The molecule has 0 fully saturated rings. The second-order valence-corrected chi connectivity index (χ2v) is 10.9. The zero-order valence-corrected chi connectivity index (χ0v) is 35.4. The summed E-state index contributed by atoms with van der Waals surface area (Å²) in [5, 5.41) is 0. The Morgan fingerprint density at radius 2 is 0.545 bits per heavy atom. The molecule has 0 bridgehead atoms. The zero-order chi connectivity index (χ0) is 40.4. The lowest BCUT2D eigenvalue weighted by Crippen LogP contribution is -1.97. The summed E-state index contributed by atoms with van der Waals surface area (Å²) in [4.78, 5) is 70.0. The maximum atomic E-state index is 10.2. The van der Waals surface area contributed by atoms with Crippen LogP contribution in [0, 0.1) is 0 Å². The van der Waals surface area contributed by atoms with Gasteiger partial charge in [0.15, 0.2) is 0 Å². The fourth-order valence-electron chi connectivity index (χ4n) is 1.66. The Hall–Kier alpha value is -2.57. The number of rotatable bonds is 13. The Morgan fingerprint density at radius 1 is 0.327 bits per heavy atom. The van der Waals surface area contributed by atoms with Crippen LogP contribution in [0.4, 0.5) is 0 Å². The lowest BCUT2D eigenvalue weighted by molar-refractivity contribution is -0.125. The van der Waals surface area contributed by atoms with Crippen molar-refractivity contribution in [3.8, 4) is 0 Å². The molecule has 0 aliphatic heterocycles. The minimum Gasteiger partial charge on any atom is -0.300 e. The standard InChI is InChI=1S/C5H8O2.3C5H10O.C5H12.2C4H8O.C4H10.C4H8.7CH4/c1-4(6)3-5(2)7;2*1-3-4-5(2)6;1-3-5(6)4-2;1-3-5-4-2;2*1-3-4(2)5;2*1-3-4-2;;;;;;;/h3H2,1-2H3;3*3-4H2,1-2H3;3-5H2,1-2H3;2*3H2,1-2H3;3-4H2,1-2H3;3-4H,1-2H3;7*1H4. The van der Waals surface area contributed by atoms with Gasteiger partial charge in [0.1, 0.15) is 40.5 Å². The Morgan fingerprint density at radius 3 is 0.545 bits per heavy atom. The van der Waals surface area contributed by atoms with Crippen molar-refractivity contribution >= 4 is 40.5 Å². The van der Waals surface area contributed by atoms with Crippen molar-refractivity contribution in [3.63, 3.8) is 0 Å². The molecule has 0 atom stereocenters. The molecule has 0 aromatic heterocycles. The van der Waals surface area contributed by atoms with Gasteiger partial charge >= 0.3 is 0 Å². The van der Waals surface area contributed by atoms with E-state index in [9.17, 15) is 33.6 Å². The SMILES string of the molecule is C.C.C.C.C.C.C.CC(=O)CC(C)=O.CC=CC.CCC(=O)CC.CCC(C)=O.CCC(C)=O.CCCC.CCCC(C)=O.CCCC(C)=O.CCCCC. The number of carbonyl (C=O) groups is 7. The van der Waals surface area contributed by atoms with Gasteiger partial charge in [-0.3, -0.25) is 14.4 Å². The second-order valence-electron chi connectivity index (χ2n) is 10.9. The van der Waals surface area contributed by atoms with Crippen molar-refractivity contribution in [1.82, 2.24) is 0 Å². The van der Waals surface area contributed by atoms with Crippen LogP contribution in [0.25, 0.3) is 0 Å². The van der Waals surface area contributed by atoms with Crippen molar-refractivity contribution in [2.75, 3.05) is 0 Å². The van der Waals surface area contributed by atoms with Gasteiger partial charge in [-0.25, -0.2) is 0 Å². The van der Waals surface area contributed by atoms with Gasteiger partial charge in [0, 0.05) is 38.5 Å². The first-order chi connectivity index (χ1) is 22.3. The van der Waals surface area contributed by atoms with Crippen LogP contribution in [0.15, 0.2) is 12.2 Å². The van der Waals surface area contributed by atoms with Crippen LogP contribution in [0.5, 0.6) is 0 Å². The molecule has 0 N–H and O–H groups in total. The summed E-state index contributed by atoms with van der Waals surface area (Å²) >= 11 is 0. The monoisotopic (exact) mass is 801 g/mol. The van der Waals surface area contributed by atoms with Crippen molar-refractivity contribution in [3.05, 3.63) is 12.2 Å². The summed E-state index contributed by atoms with van der Waals surface area (Å²) in [6, 6.07) is 0. The molecular formula is C48H112O7. The largest absolute Gasteiger partial charge is 0.300 e. The normalized spacial score (nSPS) is 7.16. The molecule has 0 heterocycles. The van der Waals surface area contributed by atoms with Crippen molar-refractivity contribution in [2.45, 2.75) is 267 Å². The molecule has 0 saturated carbocycles. The van der Waals surface area contributed by atoms with Crippen LogP contribution < -0.4 is 0 Å². The van der Waals surface area contributed by atoms with Gasteiger partial charge < -0.3 is 19.2 Å². The third-order valence-corrected chi connectivity index (χ3v) is 5.03. The Bertz CT molecular complexity index is 666. The molecule has 0 spiro atoms. The number of allylic oxidation sites excluding steroid dienone is 2. The summed E-state index contributed by atoms with van der Waals surface area (Å²) in [7, 11) is 0. The number of hydrogen-bond donors (Lipinski definition) is 0. The smallest absolute Gasteiger partial charge is 0.137 e. The molecule has 0 unspecified atom stereocenters. The Kier molecular flexibility index (Phi) is 210. The van der Waals surface area contributed by atoms with Crippen LogP contribution in [0.1, 0.15) is 267 Å². The Balaban J connectivity index is -0.0000000220. The van der Waals surface area contributed by atoms with Crippen LogP contribution in [-0.2, 0) is 33.6 Å².